The fraction of sp³-hybridized carbons (Fsp3) is 0.219. The molecule has 10 heteroatoms. The van der Waals surface area contributed by atoms with Gasteiger partial charge in [-0.05, 0) is 66.6 Å². The number of amides is 2. The quantitative estimate of drug-likeness (QED) is 0.0972. The molecule has 0 radical (unpaired) electrons. The maximum absolute atomic E-state index is 12.8. The number of rotatable bonds is 7. The van der Waals surface area contributed by atoms with Crippen LogP contribution in [0.3, 0.4) is 0 Å². The number of nitrogens with zero attached hydrogens (tertiary/aromatic N) is 1. The van der Waals surface area contributed by atoms with Crippen LogP contribution in [-0.4, -0.2) is 36.6 Å². The monoisotopic (exact) mass is 583 g/mol. The van der Waals surface area contributed by atoms with Crippen LogP contribution in [0.1, 0.15) is 57.0 Å². The molecule has 4 aromatic rings. The number of esters is 2. The summed E-state index contributed by atoms with van der Waals surface area (Å²) in [5, 5.41) is 8.46. The van der Waals surface area contributed by atoms with E-state index in [-0.39, 0.29) is 12.4 Å². The van der Waals surface area contributed by atoms with Gasteiger partial charge in [0.25, 0.3) is 0 Å². The van der Waals surface area contributed by atoms with E-state index in [4.69, 9.17) is 9.47 Å². The van der Waals surface area contributed by atoms with Gasteiger partial charge in [-0.1, -0.05) is 55.5 Å². The van der Waals surface area contributed by atoms with Gasteiger partial charge in [-0.2, -0.15) is 5.10 Å². The number of thiophene rings is 1. The Morgan fingerprint density at radius 3 is 2.52 bits per heavy atom. The Labute approximate surface area is 246 Å². The molecule has 214 valence electrons. The third-order valence-electron chi connectivity index (χ3n) is 6.93. The molecule has 2 amide bonds. The van der Waals surface area contributed by atoms with Gasteiger partial charge < -0.3 is 14.8 Å². The lowest BCUT2D eigenvalue weighted by Crippen LogP contribution is -2.32. The Balaban J connectivity index is 1.34. The number of hydrazone groups is 1. The van der Waals surface area contributed by atoms with Crippen molar-refractivity contribution in [3.63, 3.8) is 0 Å². The van der Waals surface area contributed by atoms with E-state index < -0.39 is 23.8 Å². The standard InChI is InChI=1S/C32H29N3O6S/c1-3-40-32(39)27-23-15-13-19(2)17-26(23)42-30(27)34-28(36)29(37)35-33-18-24-22-12-8-7-9-20(22)14-16-25(24)41-31(38)21-10-5-4-6-11-21/h4-12,14,16,18-19H,3,13,15,17H2,1-2H3,(H,34,36)(H,35,37)/b33-18+. The number of carbonyl (C=O) groups is 4. The summed E-state index contributed by atoms with van der Waals surface area (Å²) in [6.07, 6.45) is 3.75. The first kappa shape index (κ1) is 28.7. The van der Waals surface area contributed by atoms with Crippen LogP contribution in [-0.2, 0) is 27.2 Å². The summed E-state index contributed by atoms with van der Waals surface area (Å²) in [6, 6.07) is 19.5. The molecule has 0 saturated heterocycles. The average Bonchev–Trinajstić information content (AvgIpc) is 3.35. The Morgan fingerprint density at radius 1 is 0.976 bits per heavy atom. The highest BCUT2D eigenvalue weighted by Gasteiger charge is 2.30. The van der Waals surface area contributed by atoms with Crippen LogP contribution in [0.2, 0.25) is 0 Å². The SMILES string of the molecule is CCOC(=O)c1c(NC(=O)C(=O)N/N=C/c2c(OC(=O)c3ccccc3)ccc3ccccc23)sc2c1CCC(C)C2. The highest BCUT2D eigenvalue weighted by molar-refractivity contribution is 7.17. The molecule has 1 unspecified atom stereocenters. The zero-order valence-corrected chi connectivity index (χ0v) is 24.0. The van der Waals surface area contributed by atoms with Crippen molar-refractivity contribution in [2.24, 2.45) is 11.0 Å². The molecule has 0 saturated carbocycles. The number of fused-ring (bicyclic) bond motifs is 2. The van der Waals surface area contributed by atoms with Crippen LogP contribution in [0, 0.1) is 5.92 Å². The molecule has 1 aliphatic rings. The van der Waals surface area contributed by atoms with Crippen LogP contribution in [0.4, 0.5) is 5.00 Å². The predicted molar refractivity (Wildman–Crippen MR) is 161 cm³/mol. The maximum Gasteiger partial charge on any atom is 0.343 e. The Bertz CT molecular complexity index is 1700. The van der Waals surface area contributed by atoms with E-state index in [2.05, 4.69) is 22.8 Å². The lowest BCUT2D eigenvalue weighted by molar-refractivity contribution is -0.136. The van der Waals surface area contributed by atoms with Gasteiger partial charge in [-0.25, -0.2) is 15.0 Å². The molecule has 2 N–H and O–H groups in total. The Kier molecular flexibility index (Phi) is 8.73. The summed E-state index contributed by atoms with van der Waals surface area (Å²) < 4.78 is 10.9. The van der Waals surface area contributed by atoms with Crippen molar-refractivity contribution < 1.29 is 28.7 Å². The highest BCUT2D eigenvalue weighted by Crippen LogP contribution is 2.40. The fourth-order valence-corrected chi connectivity index (χ4v) is 6.25. The topological polar surface area (TPSA) is 123 Å². The van der Waals surface area contributed by atoms with E-state index in [9.17, 15) is 19.2 Å². The van der Waals surface area contributed by atoms with Gasteiger partial charge in [-0.15, -0.1) is 11.3 Å². The summed E-state index contributed by atoms with van der Waals surface area (Å²) in [4.78, 5) is 52.0. The molecule has 1 aliphatic carbocycles. The van der Waals surface area contributed by atoms with Crippen LogP contribution in [0.25, 0.3) is 10.8 Å². The minimum Gasteiger partial charge on any atom is -0.462 e. The third kappa shape index (κ3) is 6.23. The van der Waals surface area contributed by atoms with Crippen LogP contribution >= 0.6 is 11.3 Å². The van der Waals surface area contributed by atoms with E-state index in [0.29, 0.717) is 34.0 Å². The average molecular weight is 584 g/mol. The molecule has 3 aromatic carbocycles. The number of carbonyl (C=O) groups excluding carboxylic acids is 4. The number of nitrogens with one attached hydrogen (secondary N) is 2. The normalized spacial score (nSPS) is 14.3. The van der Waals surface area contributed by atoms with E-state index in [1.807, 2.05) is 30.3 Å². The molecular weight excluding hydrogens is 554 g/mol. The second-order valence-corrected chi connectivity index (χ2v) is 11.0. The van der Waals surface area contributed by atoms with Gasteiger partial charge in [0.05, 0.1) is 23.9 Å². The molecule has 0 spiro atoms. The second kappa shape index (κ2) is 12.8. The smallest absolute Gasteiger partial charge is 0.343 e. The van der Waals surface area contributed by atoms with Gasteiger partial charge in [-0.3, -0.25) is 9.59 Å². The molecule has 0 fully saturated rings. The van der Waals surface area contributed by atoms with Crippen molar-refractivity contribution in [3.05, 3.63) is 93.9 Å². The highest BCUT2D eigenvalue weighted by atomic mass is 32.1. The van der Waals surface area contributed by atoms with Crippen LogP contribution in [0.5, 0.6) is 5.75 Å². The van der Waals surface area contributed by atoms with Crippen LogP contribution in [0.15, 0.2) is 71.8 Å². The van der Waals surface area contributed by atoms with Crippen molar-refractivity contribution in [2.75, 3.05) is 11.9 Å². The fourth-order valence-electron chi connectivity index (χ4n) is 4.85. The summed E-state index contributed by atoms with van der Waals surface area (Å²) >= 11 is 1.29. The van der Waals surface area contributed by atoms with Crippen molar-refractivity contribution >= 4 is 57.1 Å². The number of ether oxygens (including phenoxy) is 2. The number of hydrogen-bond donors (Lipinski definition) is 2. The van der Waals surface area contributed by atoms with Gasteiger partial charge >= 0.3 is 23.8 Å². The maximum atomic E-state index is 12.8. The van der Waals surface area contributed by atoms with Gasteiger partial charge in [0.1, 0.15) is 10.8 Å². The largest absolute Gasteiger partial charge is 0.462 e. The number of benzene rings is 3. The lowest BCUT2D eigenvalue weighted by Gasteiger charge is -2.18. The zero-order valence-electron chi connectivity index (χ0n) is 23.1. The number of anilines is 1. The van der Waals surface area contributed by atoms with Gasteiger partial charge in [0.15, 0.2) is 0 Å². The molecule has 5 rings (SSSR count). The molecule has 1 heterocycles. The summed E-state index contributed by atoms with van der Waals surface area (Å²) in [6.45, 7) is 4.05. The van der Waals surface area contributed by atoms with E-state index >= 15 is 0 Å². The first-order valence-electron chi connectivity index (χ1n) is 13.6. The summed E-state index contributed by atoms with van der Waals surface area (Å²) in [5.74, 6) is -2.37. The van der Waals surface area contributed by atoms with Crippen LogP contribution < -0.4 is 15.5 Å². The van der Waals surface area contributed by atoms with Crippen molar-refractivity contribution in [1.29, 1.82) is 0 Å². The predicted octanol–water partition coefficient (Wildman–Crippen LogP) is 5.51. The van der Waals surface area contributed by atoms with Crippen molar-refractivity contribution in [2.45, 2.75) is 33.1 Å². The van der Waals surface area contributed by atoms with E-state index in [1.165, 1.54) is 17.6 Å². The summed E-state index contributed by atoms with van der Waals surface area (Å²) in [7, 11) is 0. The van der Waals surface area contributed by atoms with Gasteiger partial charge in [0, 0.05) is 10.4 Å². The van der Waals surface area contributed by atoms with E-state index in [0.717, 1.165) is 34.1 Å². The Hall–Kier alpha value is -4.83. The summed E-state index contributed by atoms with van der Waals surface area (Å²) in [5.41, 5.74) is 4.25. The third-order valence-corrected chi connectivity index (χ3v) is 8.10. The second-order valence-electron chi connectivity index (χ2n) is 9.88. The molecule has 1 aromatic heterocycles. The Morgan fingerprint density at radius 2 is 1.74 bits per heavy atom. The minimum absolute atomic E-state index is 0.194. The first-order valence-corrected chi connectivity index (χ1v) is 14.4. The van der Waals surface area contributed by atoms with Gasteiger partial charge in [0.2, 0.25) is 0 Å². The minimum atomic E-state index is -1.02. The molecule has 0 aliphatic heterocycles. The molecular formula is C32H29N3O6S. The molecule has 9 nitrogen and oxygen atoms in total. The lowest BCUT2D eigenvalue weighted by atomic mass is 9.88. The van der Waals surface area contributed by atoms with E-state index in [1.54, 1.807) is 43.3 Å². The molecule has 1 atom stereocenters. The molecule has 42 heavy (non-hydrogen) atoms. The zero-order chi connectivity index (χ0) is 29.6. The molecule has 0 bridgehead atoms. The number of hydrogen-bond acceptors (Lipinski definition) is 8. The first-order chi connectivity index (χ1) is 20.4. The van der Waals surface area contributed by atoms with Crippen molar-refractivity contribution in [3.8, 4) is 5.75 Å². The van der Waals surface area contributed by atoms with Crippen molar-refractivity contribution in [1.82, 2.24) is 5.43 Å².